The van der Waals surface area contributed by atoms with Crippen LogP contribution in [0.5, 0.6) is 0 Å². The normalized spacial score (nSPS) is 13.4. The molecule has 1 unspecified atom stereocenters. The molecule has 0 aromatic heterocycles. The van der Waals surface area contributed by atoms with Crippen LogP contribution in [0.3, 0.4) is 0 Å². The van der Waals surface area contributed by atoms with E-state index in [1.165, 1.54) is 7.11 Å². The van der Waals surface area contributed by atoms with Gasteiger partial charge in [0.15, 0.2) is 0 Å². The topological polar surface area (TPSA) is 63.6 Å². The SMILES string of the molecule is [2H]CCC(CC(=O)O)C(=O)OC. The van der Waals surface area contributed by atoms with E-state index in [1.807, 2.05) is 0 Å². The van der Waals surface area contributed by atoms with Gasteiger partial charge in [0.05, 0.1) is 19.4 Å². The van der Waals surface area contributed by atoms with Gasteiger partial charge >= 0.3 is 11.9 Å². The number of hydrogen-bond donors (Lipinski definition) is 1. The summed E-state index contributed by atoms with van der Waals surface area (Å²) < 4.78 is 11.2. The van der Waals surface area contributed by atoms with Crippen LogP contribution < -0.4 is 0 Å². The van der Waals surface area contributed by atoms with Crippen molar-refractivity contribution in [2.45, 2.75) is 19.7 Å². The summed E-state index contributed by atoms with van der Waals surface area (Å²) in [6.45, 7) is 0.0348. The molecule has 11 heavy (non-hydrogen) atoms. The highest BCUT2D eigenvalue weighted by molar-refractivity contribution is 5.78. The van der Waals surface area contributed by atoms with E-state index in [1.54, 1.807) is 0 Å². The highest BCUT2D eigenvalue weighted by Gasteiger charge is 2.19. The van der Waals surface area contributed by atoms with Crippen LogP contribution in [-0.2, 0) is 14.3 Å². The monoisotopic (exact) mass is 161 g/mol. The molecule has 0 spiro atoms. The van der Waals surface area contributed by atoms with Crippen molar-refractivity contribution in [2.75, 3.05) is 7.11 Å². The van der Waals surface area contributed by atoms with Gasteiger partial charge in [-0.25, -0.2) is 0 Å². The minimum absolute atomic E-state index is 0.0348. The van der Waals surface area contributed by atoms with Crippen molar-refractivity contribution in [3.63, 3.8) is 0 Å². The number of rotatable bonds is 4. The minimum Gasteiger partial charge on any atom is -0.481 e. The van der Waals surface area contributed by atoms with Crippen molar-refractivity contribution in [3.05, 3.63) is 0 Å². The molecule has 0 rings (SSSR count). The van der Waals surface area contributed by atoms with Gasteiger partial charge in [-0.3, -0.25) is 9.59 Å². The third-order valence-electron chi connectivity index (χ3n) is 1.30. The molecule has 0 fully saturated rings. The molecule has 4 heteroatoms. The van der Waals surface area contributed by atoms with Gasteiger partial charge in [-0.15, -0.1) is 0 Å². The van der Waals surface area contributed by atoms with Crippen LogP contribution in [-0.4, -0.2) is 24.2 Å². The van der Waals surface area contributed by atoms with E-state index in [2.05, 4.69) is 4.74 Å². The number of ether oxygens (including phenoxy) is 1. The van der Waals surface area contributed by atoms with Gasteiger partial charge in [0.2, 0.25) is 0 Å². The lowest BCUT2D eigenvalue weighted by Gasteiger charge is -2.08. The molecule has 4 nitrogen and oxygen atoms in total. The molecule has 0 aliphatic rings. The average Bonchev–Trinajstić information content (AvgIpc) is 2.01. The predicted molar refractivity (Wildman–Crippen MR) is 38.0 cm³/mol. The predicted octanol–water partition coefficient (Wildman–Crippen LogP) is 0.660. The summed E-state index contributed by atoms with van der Waals surface area (Å²) in [5.41, 5.74) is 0. The summed E-state index contributed by atoms with van der Waals surface area (Å²) in [4.78, 5) is 21.1. The van der Waals surface area contributed by atoms with Crippen LogP contribution in [0.25, 0.3) is 0 Å². The van der Waals surface area contributed by atoms with E-state index in [0.29, 0.717) is 0 Å². The highest BCUT2D eigenvalue weighted by Crippen LogP contribution is 2.09. The Morgan fingerprint density at radius 3 is 2.73 bits per heavy atom. The molecule has 0 radical (unpaired) electrons. The maximum absolute atomic E-state index is 10.9. The summed E-state index contributed by atoms with van der Waals surface area (Å²) in [5, 5.41) is 8.39. The Morgan fingerprint density at radius 1 is 1.73 bits per heavy atom. The first kappa shape index (κ1) is 8.04. The van der Waals surface area contributed by atoms with Crippen molar-refractivity contribution in [1.82, 2.24) is 0 Å². The lowest BCUT2D eigenvalue weighted by Crippen LogP contribution is -2.18. The first-order valence-corrected chi connectivity index (χ1v) is 3.20. The van der Waals surface area contributed by atoms with Gasteiger partial charge in [0.1, 0.15) is 0 Å². The van der Waals surface area contributed by atoms with Gasteiger partial charge in [-0.05, 0) is 6.42 Å². The second-order valence-electron chi connectivity index (χ2n) is 2.11. The Bertz CT molecular complexity index is 169. The zero-order valence-electron chi connectivity index (χ0n) is 7.37. The van der Waals surface area contributed by atoms with Crippen molar-refractivity contribution in [1.29, 1.82) is 0 Å². The largest absolute Gasteiger partial charge is 0.481 e. The minimum atomic E-state index is -1.04. The van der Waals surface area contributed by atoms with E-state index >= 15 is 0 Å². The fourth-order valence-electron chi connectivity index (χ4n) is 0.681. The smallest absolute Gasteiger partial charge is 0.309 e. The molecule has 0 amide bonds. The average molecular weight is 161 g/mol. The Hall–Kier alpha value is -1.06. The molecule has 0 aromatic carbocycles. The summed E-state index contributed by atoms with van der Waals surface area (Å²) in [5.74, 6) is -2.27. The van der Waals surface area contributed by atoms with Gasteiger partial charge in [-0.1, -0.05) is 6.90 Å². The van der Waals surface area contributed by atoms with Crippen LogP contribution in [0.15, 0.2) is 0 Å². The van der Waals surface area contributed by atoms with E-state index in [-0.39, 0.29) is 19.7 Å². The zero-order valence-corrected chi connectivity index (χ0v) is 6.37. The number of esters is 1. The van der Waals surface area contributed by atoms with E-state index in [9.17, 15) is 9.59 Å². The molecule has 0 saturated heterocycles. The molecule has 0 saturated carbocycles. The van der Waals surface area contributed by atoms with Crippen molar-refractivity contribution in [3.8, 4) is 0 Å². The van der Waals surface area contributed by atoms with Gasteiger partial charge in [0.25, 0.3) is 0 Å². The second kappa shape index (κ2) is 4.71. The fourth-order valence-corrected chi connectivity index (χ4v) is 0.681. The van der Waals surface area contributed by atoms with Gasteiger partial charge in [-0.2, -0.15) is 0 Å². The maximum atomic E-state index is 10.9. The summed E-state index contributed by atoms with van der Waals surface area (Å²) in [6.07, 6.45) is -0.0233. The second-order valence-corrected chi connectivity index (χ2v) is 2.11. The van der Waals surface area contributed by atoms with Gasteiger partial charge in [0, 0.05) is 1.37 Å². The quantitative estimate of drug-likeness (QED) is 0.615. The standard InChI is InChI=1S/C7H12O4/c1-3-5(4-6(8)9)7(10)11-2/h5H,3-4H2,1-2H3,(H,8,9)/i1D. The number of aliphatic carboxylic acids is 1. The molecular weight excluding hydrogens is 148 g/mol. The summed E-state index contributed by atoms with van der Waals surface area (Å²) in [7, 11) is 1.21. The Morgan fingerprint density at radius 2 is 2.36 bits per heavy atom. The van der Waals surface area contributed by atoms with Crippen LogP contribution in [0.1, 0.15) is 21.1 Å². The van der Waals surface area contributed by atoms with Gasteiger partial charge < -0.3 is 9.84 Å². The molecule has 0 aliphatic heterocycles. The van der Waals surface area contributed by atoms with Crippen molar-refractivity contribution < 1.29 is 20.8 Å². The number of hydrogen-bond acceptors (Lipinski definition) is 3. The van der Waals surface area contributed by atoms with E-state index < -0.39 is 17.9 Å². The summed E-state index contributed by atoms with van der Waals surface area (Å²) >= 11 is 0. The number of carbonyl (C=O) groups excluding carboxylic acids is 1. The van der Waals surface area contributed by atoms with Crippen LogP contribution in [0, 0.1) is 5.92 Å². The number of methoxy groups -OCH3 is 1. The van der Waals surface area contributed by atoms with E-state index in [4.69, 9.17) is 6.48 Å². The molecule has 0 bridgehead atoms. The highest BCUT2D eigenvalue weighted by atomic mass is 16.5. The maximum Gasteiger partial charge on any atom is 0.309 e. The molecular formula is C7H12O4. The molecule has 64 valence electrons. The number of carboxylic acid groups (broad SMARTS) is 1. The Balaban J connectivity index is 4.02. The first-order valence-electron chi connectivity index (χ1n) is 3.91. The zero-order chi connectivity index (χ0) is 9.56. The first-order chi connectivity index (χ1) is 5.61. The Kier molecular flexibility index (Phi) is 3.44. The summed E-state index contributed by atoms with van der Waals surface area (Å²) in [6, 6.07) is 0. The third kappa shape index (κ3) is 3.60. The molecule has 1 atom stereocenters. The number of carboxylic acids is 1. The Labute approximate surface area is 66.6 Å². The van der Waals surface area contributed by atoms with Crippen LogP contribution in [0.4, 0.5) is 0 Å². The molecule has 0 aromatic rings. The fraction of sp³-hybridized carbons (Fsp3) is 0.714. The molecule has 1 N–H and O–H groups in total. The lowest BCUT2D eigenvalue weighted by atomic mass is 10.0. The van der Waals surface area contributed by atoms with Crippen LogP contribution >= 0.6 is 0 Å². The van der Waals surface area contributed by atoms with Crippen molar-refractivity contribution >= 4 is 11.9 Å². The van der Waals surface area contributed by atoms with E-state index in [0.717, 1.165) is 0 Å². The lowest BCUT2D eigenvalue weighted by molar-refractivity contribution is -0.150. The van der Waals surface area contributed by atoms with Crippen LogP contribution in [0.2, 0.25) is 0 Å². The van der Waals surface area contributed by atoms with Crippen molar-refractivity contribution in [2.24, 2.45) is 5.92 Å². The molecule has 0 heterocycles. The molecule has 0 aliphatic carbocycles. The third-order valence-corrected chi connectivity index (χ3v) is 1.30. The number of carbonyl (C=O) groups is 2.